The average molecular weight is 487 g/mol. The number of nitrogens with one attached hydrogen (secondary N) is 1. The van der Waals surface area contributed by atoms with Crippen molar-refractivity contribution in [2.75, 3.05) is 23.9 Å². The van der Waals surface area contributed by atoms with Crippen LogP contribution >= 0.6 is 22.7 Å². The number of fused-ring (bicyclic) bond motifs is 1. The second kappa shape index (κ2) is 9.45. The summed E-state index contributed by atoms with van der Waals surface area (Å²) in [5, 5.41) is 4.16. The average Bonchev–Trinajstić information content (AvgIpc) is 3.28. The van der Waals surface area contributed by atoms with Gasteiger partial charge >= 0.3 is 5.97 Å². The maximum Gasteiger partial charge on any atom is 0.325 e. The lowest BCUT2D eigenvalue weighted by atomic mass is 10.3. The van der Waals surface area contributed by atoms with Crippen LogP contribution in [-0.4, -0.2) is 54.4 Å². The molecule has 0 radical (unpaired) electrons. The summed E-state index contributed by atoms with van der Waals surface area (Å²) >= 11 is 2.02. The zero-order chi connectivity index (χ0) is 22.6. The van der Waals surface area contributed by atoms with Crippen LogP contribution in [0.15, 0.2) is 34.8 Å². The van der Waals surface area contributed by atoms with Crippen molar-refractivity contribution in [1.82, 2.24) is 9.55 Å². The molecule has 14 heteroatoms. The van der Waals surface area contributed by atoms with Gasteiger partial charge in [-0.15, -0.1) is 11.3 Å². The Hall–Kier alpha value is -2.97. The molecule has 3 rings (SSSR count). The highest BCUT2D eigenvalue weighted by Crippen LogP contribution is 2.19. The number of carbonyl (C=O) groups excluding carboxylic acids is 3. The molecule has 0 atom stereocenters. The SMILES string of the molecule is COC(=O)Cn1c(=NC(=O)CS(=O)(=O)CC(=O)Nc2nccs2)sc2cc(F)ccc21. The molecule has 2 amide bonds. The summed E-state index contributed by atoms with van der Waals surface area (Å²) in [4.78, 5) is 43.5. The fraction of sp³-hybridized carbons (Fsp3) is 0.235. The molecule has 0 aliphatic carbocycles. The van der Waals surface area contributed by atoms with Crippen molar-refractivity contribution in [2.45, 2.75) is 6.54 Å². The zero-order valence-corrected chi connectivity index (χ0v) is 18.4. The Morgan fingerprint density at radius 2 is 2.06 bits per heavy atom. The van der Waals surface area contributed by atoms with Gasteiger partial charge in [-0.2, -0.15) is 4.99 Å². The van der Waals surface area contributed by atoms with E-state index in [4.69, 9.17) is 0 Å². The zero-order valence-electron chi connectivity index (χ0n) is 15.9. The van der Waals surface area contributed by atoms with Gasteiger partial charge < -0.3 is 14.6 Å². The van der Waals surface area contributed by atoms with E-state index in [1.54, 1.807) is 5.38 Å². The fourth-order valence-corrected chi connectivity index (χ4v) is 5.13. The Morgan fingerprint density at radius 1 is 1.29 bits per heavy atom. The number of hydrogen-bond acceptors (Lipinski definition) is 9. The van der Waals surface area contributed by atoms with Crippen molar-refractivity contribution in [3.63, 3.8) is 0 Å². The molecule has 10 nitrogen and oxygen atoms in total. The third kappa shape index (κ3) is 6.02. The summed E-state index contributed by atoms with van der Waals surface area (Å²) in [6.45, 7) is -0.308. The Kier molecular flexibility index (Phi) is 6.92. The van der Waals surface area contributed by atoms with Crippen molar-refractivity contribution in [3.8, 4) is 0 Å². The largest absolute Gasteiger partial charge is 0.468 e. The molecule has 0 aliphatic rings. The number of ether oxygens (including phenoxy) is 1. The molecule has 164 valence electrons. The molecule has 1 N–H and O–H groups in total. The van der Waals surface area contributed by atoms with Crippen LogP contribution in [0.5, 0.6) is 0 Å². The summed E-state index contributed by atoms with van der Waals surface area (Å²) in [6.07, 6.45) is 1.44. The number of halogens is 1. The molecule has 0 unspecified atom stereocenters. The van der Waals surface area contributed by atoms with Crippen LogP contribution in [0.4, 0.5) is 9.52 Å². The van der Waals surface area contributed by atoms with Crippen LogP contribution in [0, 0.1) is 5.82 Å². The normalized spacial score (nSPS) is 12.1. The Balaban J connectivity index is 1.83. The van der Waals surface area contributed by atoms with Gasteiger partial charge in [0.15, 0.2) is 19.8 Å². The number of nitrogens with zero attached hydrogens (tertiary/aromatic N) is 3. The highest BCUT2D eigenvalue weighted by molar-refractivity contribution is 7.92. The van der Waals surface area contributed by atoms with Crippen LogP contribution in [0.1, 0.15) is 0 Å². The standard InChI is InChI=1S/C17H15FN4O6S3/c1-28-15(25)7-22-11-3-2-10(18)6-12(11)30-17(22)21-14(24)9-31(26,27)8-13(23)20-16-19-4-5-29-16/h2-6H,7-9H2,1H3,(H,19,20,23). The van der Waals surface area contributed by atoms with Crippen LogP contribution in [0.25, 0.3) is 10.2 Å². The number of aromatic nitrogens is 2. The molecule has 3 aromatic rings. The quantitative estimate of drug-likeness (QED) is 0.491. The van der Waals surface area contributed by atoms with Gasteiger partial charge in [0.2, 0.25) is 5.91 Å². The predicted molar refractivity (Wildman–Crippen MR) is 112 cm³/mol. The number of rotatable bonds is 7. The molecule has 31 heavy (non-hydrogen) atoms. The fourth-order valence-electron chi connectivity index (χ4n) is 2.50. The Bertz CT molecular complexity index is 1310. The summed E-state index contributed by atoms with van der Waals surface area (Å²) in [6, 6.07) is 3.80. The van der Waals surface area contributed by atoms with E-state index in [2.05, 4.69) is 20.0 Å². The number of methoxy groups -OCH3 is 1. The van der Waals surface area contributed by atoms with E-state index in [0.29, 0.717) is 10.2 Å². The molecule has 0 bridgehead atoms. The number of benzene rings is 1. The van der Waals surface area contributed by atoms with Crippen molar-refractivity contribution < 1.29 is 31.9 Å². The molecule has 0 saturated carbocycles. The molecule has 0 spiro atoms. The van der Waals surface area contributed by atoms with Gasteiger partial charge in [0.25, 0.3) is 5.91 Å². The first-order valence-electron chi connectivity index (χ1n) is 8.50. The third-order valence-corrected chi connectivity index (χ3v) is 6.87. The minimum atomic E-state index is -4.12. The number of sulfone groups is 1. The third-order valence-electron chi connectivity index (χ3n) is 3.75. The van der Waals surface area contributed by atoms with Crippen molar-refractivity contribution in [1.29, 1.82) is 0 Å². The lowest BCUT2D eigenvalue weighted by Gasteiger charge is -2.04. The van der Waals surface area contributed by atoms with Crippen LogP contribution in [-0.2, 0) is 35.5 Å². The van der Waals surface area contributed by atoms with Crippen molar-refractivity contribution >= 4 is 65.6 Å². The number of thiazole rings is 2. The molecule has 0 aliphatic heterocycles. The van der Waals surface area contributed by atoms with Crippen LogP contribution in [0.2, 0.25) is 0 Å². The number of carbonyl (C=O) groups is 3. The molecule has 2 heterocycles. The van der Waals surface area contributed by atoms with Gasteiger partial charge in [-0.1, -0.05) is 11.3 Å². The van der Waals surface area contributed by atoms with Gasteiger partial charge in [0.1, 0.15) is 23.9 Å². The minimum absolute atomic E-state index is 0.00145. The topological polar surface area (TPSA) is 137 Å². The monoisotopic (exact) mass is 486 g/mol. The maximum absolute atomic E-state index is 13.5. The van der Waals surface area contributed by atoms with E-state index < -0.39 is 44.9 Å². The second-order valence-corrected chi connectivity index (χ2v) is 10.1. The van der Waals surface area contributed by atoms with Gasteiger partial charge in [0.05, 0.1) is 17.3 Å². The van der Waals surface area contributed by atoms with Gasteiger partial charge in [-0.25, -0.2) is 17.8 Å². The van der Waals surface area contributed by atoms with E-state index in [0.717, 1.165) is 22.7 Å². The van der Waals surface area contributed by atoms with Gasteiger partial charge in [-0.05, 0) is 18.2 Å². The highest BCUT2D eigenvalue weighted by Gasteiger charge is 2.22. The van der Waals surface area contributed by atoms with E-state index >= 15 is 0 Å². The van der Waals surface area contributed by atoms with Crippen molar-refractivity contribution in [2.24, 2.45) is 4.99 Å². The van der Waals surface area contributed by atoms with Gasteiger partial charge in [-0.3, -0.25) is 14.4 Å². The first kappa shape index (κ1) is 22.7. The molecule has 0 saturated heterocycles. The summed E-state index contributed by atoms with van der Waals surface area (Å²) < 4.78 is 44.3. The van der Waals surface area contributed by atoms with Crippen molar-refractivity contribution in [3.05, 3.63) is 40.4 Å². The highest BCUT2D eigenvalue weighted by atomic mass is 32.2. The number of esters is 1. The predicted octanol–water partition coefficient (Wildman–Crippen LogP) is 0.952. The summed E-state index contributed by atoms with van der Waals surface area (Å²) in [5.41, 5.74) is 0.425. The molecule has 0 fully saturated rings. The lowest BCUT2D eigenvalue weighted by molar-refractivity contribution is -0.141. The van der Waals surface area contributed by atoms with E-state index in [1.807, 2.05) is 0 Å². The molecular weight excluding hydrogens is 471 g/mol. The van der Waals surface area contributed by atoms with E-state index in [9.17, 15) is 27.2 Å². The lowest BCUT2D eigenvalue weighted by Crippen LogP contribution is -2.28. The molecular formula is C17H15FN4O6S3. The first-order chi connectivity index (χ1) is 14.7. The second-order valence-electron chi connectivity index (χ2n) is 6.08. The maximum atomic E-state index is 13.5. The number of hydrogen-bond donors (Lipinski definition) is 1. The minimum Gasteiger partial charge on any atom is -0.468 e. The number of amides is 2. The summed E-state index contributed by atoms with van der Waals surface area (Å²) in [7, 11) is -2.93. The molecule has 1 aromatic carbocycles. The Morgan fingerprint density at radius 3 is 2.74 bits per heavy atom. The first-order valence-corrected chi connectivity index (χ1v) is 12.0. The van der Waals surface area contributed by atoms with Gasteiger partial charge in [0, 0.05) is 11.6 Å². The van der Waals surface area contributed by atoms with Crippen LogP contribution < -0.4 is 10.1 Å². The van der Waals surface area contributed by atoms with E-state index in [-0.39, 0.29) is 16.5 Å². The van der Waals surface area contributed by atoms with E-state index in [1.165, 1.54) is 36.1 Å². The summed E-state index contributed by atoms with van der Waals surface area (Å²) in [5.74, 6) is -4.96. The Labute approximate surface area is 182 Å². The smallest absolute Gasteiger partial charge is 0.325 e. The van der Waals surface area contributed by atoms with Crippen LogP contribution in [0.3, 0.4) is 0 Å². The number of anilines is 1. The molecule has 2 aromatic heterocycles.